The first-order valence-electron chi connectivity index (χ1n) is 21.1. The van der Waals surface area contributed by atoms with Crippen LogP contribution in [0.2, 0.25) is 0 Å². The molecule has 2 fully saturated rings. The second kappa shape index (κ2) is 19.5. The number of pyridine rings is 1. The number of piperidine rings is 1. The average Bonchev–Trinajstić information content (AvgIpc) is 3.45. The molecule has 2 aliphatic heterocycles. The average molecular weight is 787 g/mol. The lowest BCUT2D eigenvalue weighted by atomic mass is 9.67. The van der Waals surface area contributed by atoms with Crippen molar-refractivity contribution in [1.82, 2.24) is 20.5 Å². The summed E-state index contributed by atoms with van der Waals surface area (Å²) in [4.78, 5) is 29.7. The second-order valence-corrected chi connectivity index (χ2v) is 16.2. The summed E-state index contributed by atoms with van der Waals surface area (Å²) >= 11 is 0. The first kappa shape index (κ1) is 41.0. The molecule has 3 unspecified atom stereocenters. The van der Waals surface area contributed by atoms with E-state index >= 15 is 0 Å². The molecular weight excluding hydrogens is 729 g/mol. The number of aliphatic hydroxyl groups excluding tert-OH is 1. The lowest BCUT2D eigenvalue weighted by molar-refractivity contribution is 0.0587. The number of phenolic OH excluding ortho intramolecular Hbond substituents is 1. The van der Waals surface area contributed by atoms with Crippen molar-refractivity contribution in [1.29, 1.82) is 0 Å². The fourth-order valence-corrected chi connectivity index (χ4v) is 9.59. The zero-order valence-corrected chi connectivity index (χ0v) is 33.3. The summed E-state index contributed by atoms with van der Waals surface area (Å²) in [6.45, 7) is 2.73. The van der Waals surface area contributed by atoms with Crippen LogP contribution in [0.5, 0.6) is 11.5 Å². The summed E-state index contributed by atoms with van der Waals surface area (Å²) in [5.41, 5.74) is 3.01. The predicted molar refractivity (Wildman–Crippen MR) is 228 cm³/mol. The van der Waals surface area contributed by atoms with Crippen molar-refractivity contribution in [2.24, 2.45) is 5.92 Å². The fourth-order valence-electron chi connectivity index (χ4n) is 9.59. The highest BCUT2D eigenvalue weighted by Gasteiger charge is 2.51. The molecule has 1 aromatic heterocycles. The molecule has 4 atom stereocenters. The van der Waals surface area contributed by atoms with Crippen molar-refractivity contribution in [3.8, 4) is 11.5 Å². The Bertz CT molecular complexity index is 2130. The molecule has 4 aromatic carbocycles. The van der Waals surface area contributed by atoms with Crippen LogP contribution in [-0.2, 0) is 12.1 Å². The van der Waals surface area contributed by atoms with Gasteiger partial charge in [-0.3, -0.25) is 9.69 Å². The van der Waals surface area contributed by atoms with Gasteiger partial charge in [-0.2, -0.15) is 0 Å². The third kappa shape index (κ3) is 9.74. The monoisotopic (exact) mass is 786 g/mol. The van der Waals surface area contributed by atoms with E-state index in [1.54, 1.807) is 12.1 Å². The summed E-state index contributed by atoms with van der Waals surface area (Å²) in [5.74, 6) is 0.828. The van der Waals surface area contributed by atoms with Gasteiger partial charge in [-0.15, -0.1) is 0 Å². The van der Waals surface area contributed by atoms with Gasteiger partial charge < -0.3 is 35.7 Å². The number of amides is 1. The van der Waals surface area contributed by atoms with Crippen LogP contribution in [-0.4, -0.2) is 63.1 Å². The number of carboxylic acid groups (broad SMARTS) is 1. The molecule has 2 bridgehead atoms. The van der Waals surface area contributed by atoms with Gasteiger partial charge in [-0.25, -0.2) is 4.79 Å². The van der Waals surface area contributed by atoms with Gasteiger partial charge in [0.25, 0.3) is 0 Å². The van der Waals surface area contributed by atoms with Crippen LogP contribution >= 0.6 is 0 Å². The minimum Gasteiger partial charge on any atom is -0.506 e. The van der Waals surface area contributed by atoms with E-state index in [4.69, 9.17) is 4.74 Å². The van der Waals surface area contributed by atoms with E-state index in [0.29, 0.717) is 41.7 Å². The Morgan fingerprint density at radius 3 is 2.21 bits per heavy atom. The van der Waals surface area contributed by atoms with Gasteiger partial charge in [0.05, 0.1) is 23.8 Å². The van der Waals surface area contributed by atoms with Crippen LogP contribution < -0.4 is 20.9 Å². The Morgan fingerprint density at radius 1 is 0.810 bits per heavy atom. The number of rotatable bonds is 20. The van der Waals surface area contributed by atoms with E-state index in [2.05, 4.69) is 75.1 Å². The number of hydrogen-bond donors (Lipinski definition) is 6. The van der Waals surface area contributed by atoms with E-state index in [1.807, 2.05) is 30.3 Å². The summed E-state index contributed by atoms with van der Waals surface area (Å²) in [5, 5.41) is 38.4. The molecule has 2 saturated heterocycles. The molecule has 306 valence electrons. The molecule has 58 heavy (non-hydrogen) atoms. The summed E-state index contributed by atoms with van der Waals surface area (Å²) in [7, 11) is 0. The highest BCUT2D eigenvalue weighted by molar-refractivity contribution is 5.87. The third-order valence-corrected chi connectivity index (χ3v) is 12.4. The van der Waals surface area contributed by atoms with Crippen LogP contribution in [0.25, 0.3) is 10.9 Å². The van der Waals surface area contributed by atoms with Gasteiger partial charge in [0, 0.05) is 36.6 Å². The smallest absolute Gasteiger partial charge is 0.405 e. The van der Waals surface area contributed by atoms with Gasteiger partial charge in [0.1, 0.15) is 11.5 Å². The van der Waals surface area contributed by atoms with Crippen LogP contribution in [0.15, 0.2) is 114 Å². The fraction of sp³-hybridized carbons (Fsp3) is 0.417. The molecule has 0 radical (unpaired) electrons. The van der Waals surface area contributed by atoms with Crippen molar-refractivity contribution in [2.75, 3.05) is 19.7 Å². The lowest BCUT2D eigenvalue weighted by Crippen LogP contribution is -2.56. The van der Waals surface area contributed by atoms with Gasteiger partial charge in [-0.1, -0.05) is 111 Å². The maximum Gasteiger partial charge on any atom is 0.405 e. The molecular formula is C48H58N4O6. The van der Waals surface area contributed by atoms with E-state index in [9.17, 15) is 24.9 Å². The first-order chi connectivity index (χ1) is 28.3. The standard InChI is InChI=1S/C48H58N4O6/c53-43-25-23-41(42-24-26-45(55)50-46(42)43)44(54)32-49-27-12-4-2-1-3-5-13-28-58-40-20-14-19-36(31-40)48(51-47(56)57,35-17-10-7-11-18-35)37-29-38-21-22-39(30-37)52(38)33-34-15-8-6-9-16-34/h6-11,14-20,23-26,31,37-39,44,49,51,53-54H,1-5,12-13,21-22,27-30,32-33H2,(H,50,55)(H,56,57)/t37?,38?,39?,44-,48?/m0/s1. The molecule has 5 aromatic rings. The Balaban J connectivity index is 0.872. The van der Waals surface area contributed by atoms with Crippen LogP contribution in [0.1, 0.15) is 99.0 Å². The lowest BCUT2D eigenvalue weighted by Gasteiger charge is -2.48. The van der Waals surface area contributed by atoms with Crippen LogP contribution in [0.4, 0.5) is 4.79 Å². The van der Waals surface area contributed by atoms with E-state index in [-0.39, 0.29) is 17.2 Å². The number of aromatic amines is 1. The molecule has 0 saturated carbocycles. The maximum absolute atomic E-state index is 12.7. The van der Waals surface area contributed by atoms with Crippen LogP contribution in [0, 0.1) is 5.92 Å². The van der Waals surface area contributed by atoms with E-state index in [1.165, 1.54) is 17.7 Å². The number of ether oxygens (including phenoxy) is 1. The number of aromatic nitrogens is 1. The van der Waals surface area contributed by atoms with Crippen molar-refractivity contribution >= 4 is 17.0 Å². The number of nitrogens with zero attached hydrogens (tertiary/aromatic N) is 1. The Hall–Kier alpha value is -5.16. The Morgan fingerprint density at radius 2 is 1.48 bits per heavy atom. The summed E-state index contributed by atoms with van der Waals surface area (Å²) in [6, 6.07) is 35.9. The molecule has 0 aliphatic carbocycles. The number of aliphatic hydroxyl groups is 1. The van der Waals surface area contributed by atoms with Crippen molar-refractivity contribution < 1.29 is 24.9 Å². The van der Waals surface area contributed by atoms with Crippen molar-refractivity contribution in [2.45, 2.75) is 101 Å². The number of fused-ring (bicyclic) bond motifs is 3. The zero-order valence-electron chi connectivity index (χ0n) is 33.3. The number of benzene rings is 4. The van der Waals surface area contributed by atoms with Gasteiger partial charge >= 0.3 is 6.09 Å². The topological polar surface area (TPSA) is 147 Å². The van der Waals surface area contributed by atoms with E-state index in [0.717, 1.165) is 101 Å². The number of H-pyrrole nitrogens is 1. The van der Waals surface area contributed by atoms with Gasteiger partial charge in [0.2, 0.25) is 5.56 Å². The number of phenols is 1. The zero-order chi connectivity index (χ0) is 40.3. The number of carbonyl (C=O) groups is 1. The molecule has 1 amide bonds. The minimum atomic E-state index is -1.02. The van der Waals surface area contributed by atoms with Crippen LogP contribution in [0.3, 0.4) is 0 Å². The Kier molecular flexibility index (Phi) is 13.8. The third-order valence-electron chi connectivity index (χ3n) is 12.4. The van der Waals surface area contributed by atoms with Crippen molar-refractivity contribution in [3.63, 3.8) is 0 Å². The Labute approximate surface area is 341 Å². The molecule has 7 rings (SSSR count). The predicted octanol–water partition coefficient (Wildman–Crippen LogP) is 8.62. The van der Waals surface area contributed by atoms with Gasteiger partial charge in [-0.05, 0) is 97.5 Å². The minimum absolute atomic E-state index is 0.0140. The molecule has 2 aliphatic rings. The van der Waals surface area contributed by atoms with Crippen molar-refractivity contribution in [3.05, 3.63) is 142 Å². The molecule has 0 spiro atoms. The van der Waals surface area contributed by atoms with Gasteiger partial charge in [0.15, 0.2) is 0 Å². The number of nitrogens with one attached hydrogen (secondary N) is 3. The number of unbranched alkanes of at least 4 members (excludes halogenated alkanes) is 6. The highest BCUT2D eigenvalue weighted by Crippen LogP contribution is 2.49. The highest BCUT2D eigenvalue weighted by atomic mass is 16.5. The SMILES string of the molecule is O=C(O)NC(c1ccccc1)(c1cccc(OCCCCCCCCCNC[C@H](O)c2ccc(O)c3[nH]c(=O)ccc23)c1)C1CC2CCC(C1)N2Cc1ccccc1. The molecule has 6 N–H and O–H groups in total. The largest absolute Gasteiger partial charge is 0.506 e. The maximum atomic E-state index is 12.7. The molecule has 3 heterocycles. The van der Waals surface area contributed by atoms with E-state index < -0.39 is 17.7 Å². The quantitative estimate of drug-likeness (QED) is 0.0430. The second-order valence-electron chi connectivity index (χ2n) is 16.2. The first-order valence-corrected chi connectivity index (χ1v) is 21.1. The summed E-state index contributed by atoms with van der Waals surface area (Å²) in [6.07, 6.45) is 9.89. The summed E-state index contributed by atoms with van der Waals surface area (Å²) < 4.78 is 6.33. The molecule has 10 nitrogen and oxygen atoms in total. The number of aromatic hydroxyl groups is 1. The normalized spacial score (nSPS) is 19.4. The molecule has 10 heteroatoms. The number of hydrogen-bond acceptors (Lipinski definition) is 7.